The Hall–Kier alpha value is -6.87. The third-order valence-corrected chi connectivity index (χ3v) is 15.9. The Labute approximate surface area is 549 Å². The molecule has 516 valence electrons. The molecule has 2 saturated heterocycles. The van der Waals surface area contributed by atoms with E-state index in [0.29, 0.717) is 69.5 Å². The molecule has 0 saturated carbocycles. The molecule has 4 heterocycles. The van der Waals surface area contributed by atoms with Gasteiger partial charge < -0.3 is 38.1 Å². The first-order chi connectivity index (χ1) is 43.5. The Morgan fingerprint density at radius 1 is 0.696 bits per heavy atom. The summed E-state index contributed by atoms with van der Waals surface area (Å²) in [4.78, 5) is 93.9. The van der Waals surface area contributed by atoms with Crippen LogP contribution in [0.1, 0.15) is 244 Å². The number of ether oxygens (including phenoxy) is 7. The van der Waals surface area contributed by atoms with Gasteiger partial charge in [-0.1, -0.05) is 102 Å². The Kier molecular flexibility index (Phi) is 30.1. The monoisotopic (exact) mass is 1290 g/mol. The van der Waals surface area contributed by atoms with E-state index in [1.807, 2.05) is 12.1 Å². The van der Waals surface area contributed by atoms with Crippen molar-refractivity contribution in [1.82, 2.24) is 31.1 Å². The maximum absolute atomic E-state index is 14.6. The molecule has 0 radical (unpaired) electrons. The third kappa shape index (κ3) is 26.3. The molecular weight excluding hydrogens is 1170 g/mol. The maximum atomic E-state index is 14.6. The summed E-state index contributed by atoms with van der Waals surface area (Å²) in [5.74, 6) is 0.586. The van der Waals surface area contributed by atoms with Crippen LogP contribution >= 0.6 is 0 Å². The molecule has 4 aliphatic heterocycles. The van der Waals surface area contributed by atoms with E-state index in [1.165, 1.54) is 43.4 Å². The second kappa shape index (κ2) is 36.5. The molecule has 22 heteroatoms. The zero-order chi connectivity index (χ0) is 67.7. The topological polar surface area (TPSA) is 249 Å². The van der Waals surface area contributed by atoms with Crippen LogP contribution < -0.4 is 26.0 Å². The molecular formula is C70H114N9O13+. The molecule has 0 spiro atoms. The van der Waals surface area contributed by atoms with Crippen LogP contribution in [0, 0.1) is 5.92 Å². The molecule has 0 bridgehead atoms. The number of hydrogen-bond acceptors (Lipinski definition) is 16. The second-order valence-corrected chi connectivity index (χ2v) is 28.6. The van der Waals surface area contributed by atoms with Crippen LogP contribution in [-0.2, 0) is 44.6 Å². The molecule has 4 aliphatic rings. The first-order valence-corrected chi connectivity index (χ1v) is 34.1. The average molecular weight is 1290 g/mol. The number of allylic oxidation sites excluding steroid dienone is 2. The van der Waals surface area contributed by atoms with Crippen molar-refractivity contribution in [2.75, 3.05) is 33.4 Å². The normalized spacial score (nSPS) is 19.6. The molecule has 22 nitrogen and oxygen atoms in total. The van der Waals surface area contributed by atoms with Gasteiger partial charge in [-0.2, -0.15) is 0 Å². The van der Waals surface area contributed by atoms with Gasteiger partial charge in [-0.25, -0.2) is 28.9 Å². The molecule has 0 unspecified atom stereocenters. The highest BCUT2D eigenvalue weighted by atomic mass is 16.6. The number of hydrogen-bond donors (Lipinski definition) is 4. The summed E-state index contributed by atoms with van der Waals surface area (Å²) in [5, 5.41) is 12.3. The Morgan fingerprint density at radius 3 is 1.90 bits per heavy atom. The predicted octanol–water partition coefficient (Wildman–Crippen LogP) is 13.6. The van der Waals surface area contributed by atoms with Crippen molar-refractivity contribution in [3.05, 3.63) is 53.3 Å². The number of methoxy groups -OCH3 is 1. The molecule has 0 aromatic heterocycles. The summed E-state index contributed by atoms with van der Waals surface area (Å²) in [6.45, 7) is 26.6. The number of esters is 2. The van der Waals surface area contributed by atoms with E-state index in [9.17, 15) is 28.8 Å². The van der Waals surface area contributed by atoms with E-state index in [1.54, 1.807) is 95.1 Å². The lowest BCUT2D eigenvalue weighted by Crippen LogP contribution is -2.62. The predicted molar refractivity (Wildman–Crippen MR) is 357 cm³/mol. The van der Waals surface area contributed by atoms with Crippen molar-refractivity contribution in [3.63, 3.8) is 0 Å². The number of unbranched alkanes of at least 4 members (excludes halogenated alkanes) is 13. The first kappa shape index (κ1) is 75.8. The summed E-state index contributed by atoms with van der Waals surface area (Å²) in [6.07, 6.45) is 21.0. The molecule has 2 fully saturated rings. The molecule has 4 amide bonds. The van der Waals surface area contributed by atoms with Gasteiger partial charge in [0.2, 0.25) is 11.9 Å². The Bertz CT molecular complexity index is 2700. The highest BCUT2D eigenvalue weighted by molar-refractivity contribution is 6.05. The van der Waals surface area contributed by atoms with E-state index in [2.05, 4.69) is 74.0 Å². The molecule has 5 rings (SSSR count). The number of nitrogens with one attached hydrogen (secondary N) is 4. The summed E-state index contributed by atoms with van der Waals surface area (Å²) in [6, 6.07) is 7.36. The van der Waals surface area contributed by atoms with Gasteiger partial charge in [-0.15, -0.1) is 4.99 Å². The van der Waals surface area contributed by atoms with Gasteiger partial charge in [-0.05, 0) is 178 Å². The van der Waals surface area contributed by atoms with E-state index < -0.39 is 58.8 Å². The van der Waals surface area contributed by atoms with Crippen LogP contribution in [0.15, 0.2) is 57.7 Å². The second-order valence-electron chi connectivity index (χ2n) is 28.6. The minimum absolute atomic E-state index is 0.00540. The molecule has 0 aliphatic carbocycles. The SMILES string of the molecule is CCCCCCCC/C=C\C[C@@H]1CC[C@H]2[C@@H](C(=O)OCCCCCCCCC[C@@H]3C(C(=O)OCCCCN=C(NC(=O)OC(C)(C)C)NC(=O)OC(C)(C)C)=C4CCCN4/C(=N\C(=O)OC(C)(C)C)N3C(=O)OC(C)(C)C)[C@@H](C)NC(NCc3ccc(OC)cc3)=[N+]12. The number of carbonyl (C=O) groups excluding carboxylic acids is 6. The fourth-order valence-electron chi connectivity index (χ4n) is 11.8. The number of benzene rings is 1. The third-order valence-electron chi connectivity index (χ3n) is 15.9. The number of guanidine groups is 3. The van der Waals surface area contributed by atoms with E-state index in [-0.39, 0.29) is 55.1 Å². The fraction of sp³-hybridized carbons (Fsp3) is 0.729. The molecule has 92 heavy (non-hydrogen) atoms. The van der Waals surface area contributed by atoms with Gasteiger partial charge in [0.05, 0.1) is 56.6 Å². The van der Waals surface area contributed by atoms with Crippen LogP contribution in [0.4, 0.5) is 19.2 Å². The number of amides is 4. The molecule has 5 atom stereocenters. The maximum Gasteiger partial charge on any atom is 0.437 e. The lowest BCUT2D eigenvalue weighted by Gasteiger charge is -2.42. The number of alkyl carbamates (subject to hydrolysis) is 2. The van der Waals surface area contributed by atoms with E-state index in [0.717, 1.165) is 81.5 Å². The van der Waals surface area contributed by atoms with Gasteiger partial charge in [0, 0.05) is 18.8 Å². The number of aliphatic imine (C=N–C) groups is 2. The van der Waals surface area contributed by atoms with Crippen LogP contribution in [0.3, 0.4) is 0 Å². The van der Waals surface area contributed by atoms with Crippen LogP contribution in [-0.4, -0.2) is 149 Å². The number of nitrogens with zero attached hydrogens (tertiary/aromatic N) is 5. The fourth-order valence-corrected chi connectivity index (χ4v) is 11.8. The highest BCUT2D eigenvalue weighted by Crippen LogP contribution is 2.38. The van der Waals surface area contributed by atoms with Crippen molar-refractivity contribution in [2.24, 2.45) is 15.9 Å². The van der Waals surface area contributed by atoms with E-state index in [4.69, 9.17) is 33.2 Å². The van der Waals surface area contributed by atoms with Crippen LogP contribution in [0.5, 0.6) is 5.75 Å². The molecule has 1 aromatic rings. The summed E-state index contributed by atoms with van der Waals surface area (Å²) < 4.78 is 42.3. The number of fused-ring (bicyclic) bond motifs is 2. The quantitative estimate of drug-likeness (QED) is 0.0111. The van der Waals surface area contributed by atoms with Crippen molar-refractivity contribution in [3.8, 4) is 5.75 Å². The Balaban J connectivity index is 1.20. The largest absolute Gasteiger partial charge is 0.497 e. The minimum Gasteiger partial charge on any atom is -0.497 e. The van der Waals surface area contributed by atoms with Crippen molar-refractivity contribution in [1.29, 1.82) is 0 Å². The zero-order valence-corrected chi connectivity index (χ0v) is 58.5. The zero-order valence-electron chi connectivity index (χ0n) is 58.5. The molecule has 1 aromatic carbocycles. The summed E-state index contributed by atoms with van der Waals surface area (Å²) in [7, 11) is 1.67. The lowest BCUT2D eigenvalue weighted by molar-refractivity contribution is -0.592. The van der Waals surface area contributed by atoms with Crippen LogP contribution in [0.25, 0.3) is 0 Å². The lowest BCUT2D eigenvalue weighted by atomic mass is 9.90. The van der Waals surface area contributed by atoms with Crippen molar-refractivity contribution in [2.45, 2.75) is 291 Å². The number of carbonyl (C=O) groups is 6. The summed E-state index contributed by atoms with van der Waals surface area (Å²) >= 11 is 0. The van der Waals surface area contributed by atoms with Crippen molar-refractivity contribution >= 4 is 54.2 Å². The number of rotatable bonds is 29. The first-order valence-electron chi connectivity index (χ1n) is 34.1. The minimum atomic E-state index is -0.935. The van der Waals surface area contributed by atoms with Gasteiger partial charge >= 0.3 is 42.3 Å². The average Bonchev–Trinajstić information content (AvgIpc) is 1.38. The Morgan fingerprint density at radius 2 is 1.28 bits per heavy atom. The standard InChI is InChI=1S/C70H113N9O13/c1-16-17-18-19-20-21-23-26-29-35-51-40-43-55-56(49(2)73-61(78(51)55)72-48-50-38-41-52(86-15)42-39-50)58(80)87-46-32-28-25-22-24-27-30-36-54-57(53-37-34-45-77(53)62(76-65(84)91-69(9,10)11)79(54)66(85)92-70(12,13)14)59(81)88-47-33-31-44-71-60(74-63(82)89-67(3,4)5)75-64(83)90-68(6,7)8/h26,29,38-39,41-42,49,51,54-56H,16-25,27-28,30-37,40,43-48H2,1-15H3,(H3,71,72,73,74,75,82,83)/p+1/b29-26-,76-62+/t49-,51-,54-,55+,56+/m1/s1. The van der Waals surface area contributed by atoms with Gasteiger partial charge in [-0.3, -0.25) is 35.6 Å². The highest BCUT2D eigenvalue weighted by Gasteiger charge is 2.51. The van der Waals surface area contributed by atoms with Gasteiger partial charge in [0.15, 0.2) is 0 Å². The summed E-state index contributed by atoms with van der Waals surface area (Å²) in [5.41, 5.74) is -1.35. The van der Waals surface area contributed by atoms with Gasteiger partial charge in [0.1, 0.15) is 34.1 Å². The van der Waals surface area contributed by atoms with Crippen LogP contribution in [0.2, 0.25) is 0 Å². The smallest absolute Gasteiger partial charge is 0.437 e. The van der Waals surface area contributed by atoms with E-state index >= 15 is 0 Å². The van der Waals surface area contributed by atoms with Gasteiger partial charge in [0.25, 0.3) is 0 Å². The molecule has 4 N–H and O–H groups in total. The van der Waals surface area contributed by atoms with Crippen molar-refractivity contribution < 1.29 is 66.5 Å².